The SMILES string of the molecule is Cn1cc(Br)c(C(=O)Oc2ccc(/C=N/NC(=O)c3ccccc3O)cc2)n1. The zero-order valence-corrected chi connectivity index (χ0v) is 16.3. The van der Waals surface area contributed by atoms with Gasteiger partial charge >= 0.3 is 5.97 Å². The second-order valence-corrected chi connectivity index (χ2v) is 6.53. The van der Waals surface area contributed by atoms with E-state index in [9.17, 15) is 14.7 Å². The lowest BCUT2D eigenvalue weighted by atomic mass is 10.2. The highest BCUT2D eigenvalue weighted by atomic mass is 79.9. The van der Waals surface area contributed by atoms with Crippen LogP contribution < -0.4 is 10.2 Å². The predicted molar refractivity (Wildman–Crippen MR) is 105 cm³/mol. The number of carbonyl (C=O) groups excluding carboxylic acids is 2. The number of carbonyl (C=O) groups is 2. The molecular formula is C19H15BrN4O4. The molecule has 2 N–H and O–H groups in total. The minimum Gasteiger partial charge on any atom is -0.507 e. The number of hydrogen-bond acceptors (Lipinski definition) is 6. The third-order valence-electron chi connectivity index (χ3n) is 3.60. The molecule has 0 atom stereocenters. The van der Waals surface area contributed by atoms with Gasteiger partial charge in [0.25, 0.3) is 5.91 Å². The second kappa shape index (κ2) is 8.49. The van der Waals surface area contributed by atoms with Crippen LogP contribution in [0.4, 0.5) is 0 Å². The Kier molecular flexibility index (Phi) is 5.85. The van der Waals surface area contributed by atoms with Gasteiger partial charge in [-0.25, -0.2) is 10.2 Å². The summed E-state index contributed by atoms with van der Waals surface area (Å²) in [5.74, 6) is -0.886. The highest BCUT2D eigenvalue weighted by Crippen LogP contribution is 2.18. The number of nitrogens with one attached hydrogen (secondary N) is 1. The Hall–Kier alpha value is -3.46. The Labute approximate surface area is 168 Å². The van der Waals surface area contributed by atoms with Crippen LogP contribution in [-0.2, 0) is 7.05 Å². The standard InChI is InChI=1S/C19H15BrN4O4/c1-24-11-15(20)17(23-24)19(27)28-13-8-6-12(7-9-13)10-21-22-18(26)14-4-2-3-5-16(14)25/h2-11,25H,1H3,(H,22,26)/b21-10+. The van der Waals surface area contributed by atoms with Crippen LogP contribution in [0.3, 0.4) is 0 Å². The minimum atomic E-state index is -0.580. The average Bonchev–Trinajstić information content (AvgIpc) is 3.01. The third-order valence-corrected chi connectivity index (χ3v) is 4.18. The fourth-order valence-corrected chi connectivity index (χ4v) is 2.80. The smallest absolute Gasteiger partial charge is 0.365 e. The van der Waals surface area contributed by atoms with Crippen molar-refractivity contribution in [3.63, 3.8) is 0 Å². The van der Waals surface area contributed by atoms with Gasteiger partial charge in [0.05, 0.1) is 16.3 Å². The van der Waals surface area contributed by atoms with E-state index in [0.717, 1.165) is 0 Å². The van der Waals surface area contributed by atoms with E-state index in [1.54, 1.807) is 49.6 Å². The first-order valence-electron chi connectivity index (χ1n) is 8.07. The summed E-state index contributed by atoms with van der Waals surface area (Å²) in [4.78, 5) is 24.1. The van der Waals surface area contributed by atoms with Gasteiger partial charge in [-0.05, 0) is 57.9 Å². The predicted octanol–water partition coefficient (Wildman–Crippen LogP) is 2.87. The number of hydrogen-bond donors (Lipinski definition) is 2. The highest BCUT2D eigenvalue weighted by molar-refractivity contribution is 9.10. The summed E-state index contributed by atoms with van der Waals surface area (Å²) >= 11 is 3.25. The number of aromatic hydroxyl groups is 1. The van der Waals surface area contributed by atoms with Crippen molar-refractivity contribution < 1.29 is 19.4 Å². The molecule has 1 aromatic heterocycles. The highest BCUT2D eigenvalue weighted by Gasteiger charge is 2.16. The van der Waals surface area contributed by atoms with Crippen molar-refractivity contribution in [3.8, 4) is 11.5 Å². The average molecular weight is 443 g/mol. The van der Waals surface area contributed by atoms with Crippen molar-refractivity contribution in [3.05, 3.63) is 76.0 Å². The maximum Gasteiger partial charge on any atom is 0.365 e. The lowest BCUT2D eigenvalue weighted by Gasteiger charge is -2.03. The quantitative estimate of drug-likeness (QED) is 0.273. The molecule has 142 valence electrons. The van der Waals surface area contributed by atoms with Crippen LogP contribution in [0.15, 0.2) is 64.3 Å². The van der Waals surface area contributed by atoms with Crippen LogP contribution in [0.5, 0.6) is 11.5 Å². The summed E-state index contributed by atoms with van der Waals surface area (Å²) in [7, 11) is 1.70. The summed E-state index contributed by atoms with van der Waals surface area (Å²) in [5, 5.41) is 17.5. The Morgan fingerprint density at radius 2 is 1.93 bits per heavy atom. The van der Waals surface area contributed by atoms with Gasteiger partial charge in [-0.3, -0.25) is 9.48 Å². The molecule has 1 amide bonds. The zero-order valence-electron chi connectivity index (χ0n) is 14.7. The van der Waals surface area contributed by atoms with Gasteiger partial charge in [-0.2, -0.15) is 10.2 Å². The van der Waals surface area contributed by atoms with E-state index in [0.29, 0.717) is 15.8 Å². The first-order valence-corrected chi connectivity index (χ1v) is 8.86. The van der Waals surface area contributed by atoms with Crippen LogP contribution >= 0.6 is 15.9 Å². The number of rotatable bonds is 5. The fraction of sp³-hybridized carbons (Fsp3) is 0.0526. The number of aromatic nitrogens is 2. The summed E-state index contributed by atoms with van der Waals surface area (Å²) in [6.45, 7) is 0. The molecule has 28 heavy (non-hydrogen) atoms. The van der Waals surface area contributed by atoms with Crippen molar-refractivity contribution in [2.45, 2.75) is 0 Å². The number of phenolic OH excluding ortho intramolecular Hbond substituents is 1. The van der Waals surface area contributed by atoms with Gasteiger partial charge < -0.3 is 9.84 Å². The van der Waals surface area contributed by atoms with Crippen LogP contribution in [-0.4, -0.2) is 33.0 Å². The summed E-state index contributed by atoms with van der Waals surface area (Å²) in [5.41, 5.74) is 3.32. The number of hydrazone groups is 1. The van der Waals surface area contributed by atoms with E-state index in [1.165, 1.54) is 23.0 Å². The molecule has 9 heteroatoms. The van der Waals surface area contributed by atoms with Crippen molar-refractivity contribution in [2.24, 2.45) is 12.1 Å². The van der Waals surface area contributed by atoms with Crippen molar-refractivity contribution in [1.82, 2.24) is 15.2 Å². The number of phenols is 1. The topological polar surface area (TPSA) is 106 Å². The molecule has 0 saturated heterocycles. The first-order chi connectivity index (χ1) is 13.4. The number of amides is 1. The lowest BCUT2D eigenvalue weighted by Crippen LogP contribution is -2.17. The number of esters is 1. The monoisotopic (exact) mass is 442 g/mol. The van der Waals surface area contributed by atoms with Gasteiger partial charge in [-0.1, -0.05) is 12.1 Å². The normalized spacial score (nSPS) is 10.8. The Morgan fingerprint density at radius 1 is 1.21 bits per heavy atom. The molecule has 0 unspecified atom stereocenters. The molecule has 3 aromatic rings. The number of para-hydroxylation sites is 1. The van der Waals surface area contributed by atoms with E-state index in [2.05, 4.69) is 31.6 Å². The molecule has 0 aliphatic carbocycles. The van der Waals surface area contributed by atoms with Gasteiger partial charge in [0.1, 0.15) is 11.5 Å². The van der Waals surface area contributed by atoms with E-state index in [4.69, 9.17) is 4.74 Å². The van der Waals surface area contributed by atoms with Gasteiger partial charge in [-0.15, -0.1) is 0 Å². The number of aryl methyl sites for hydroxylation is 1. The van der Waals surface area contributed by atoms with Crippen molar-refractivity contribution in [2.75, 3.05) is 0 Å². The van der Waals surface area contributed by atoms with Crippen molar-refractivity contribution >= 4 is 34.0 Å². The van der Waals surface area contributed by atoms with Crippen LogP contribution in [0, 0.1) is 0 Å². The molecule has 0 fully saturated rings. The largest absolute Gasteiger partial charge is 0.507 e. The summed E-state index contributed by atoms with van der Waals surface area (Å²) < 4.78 is 7.33. The van der Waals surface area contributed by atoms with Gasteiger partial charge in [0.15, 0.2) is 5.69 Å². The minimum absolute atomic E-state index is 0.124. The third kappa shape index (κ3) is 4.63. The molecular weight excluding hydrogens is 428 g/mol. The van der Waals surface area contributed by atoms with E-state index < -0.39 is 11.9 Å². The Balaban J connectivity index is 1.59. The summed E-state index contributed by atoms with van der Waals surface area (Å²) in [6, 6.07) is 12.7. The molecule has 0 bridgehead atoms. The molecule has 0 spiro atoms. The molecule has 1 heterocycles. The Bertz CT molecular complexity index is 1040. The molecule has 0 saturated carbocycles. The van der Waals surface area contributed by atoms with Crippen molar-refractivity contribution in [1.29, 1.82) is 0 Å². The molecule has 0 radical (unpaired) electrons. The number of ether oxygens (including phenoxy) is 1. The van der Waals surface area contributed by atoms with Gasteiger partial charge in [0.2, 0.25) is 0 Å². The number of halogens is 1. The number of nitrogens with zero attached hydrogens (tertiary/aromatic N) is 3. The van der Waals surface area contributed by atoms with E-state index in [1.807, 2.05) is 0 Å². The maximum atomic E-state index is 12.1. The molecule has 2 aromatic carbocycles. The van der Waals surface area contributed by atoms with Crippen LogP contribution in [0.2, 0.25) is 0 Å². The molecule has 8 nitrogen and oxygen atoms in total. The maximum absolute atomic E-state index is 12.1. The Morgan fingerprint density at radius 3 is 2.57 bits per heavy atom. The van der Waals surface area contributed by atoms with Crippen LogP contribution in [0.25, 0.3) is 0 Å². The number of benzene rings is 2. The van der Waals surface area contributed by atoms with E-state index in [-0.39, 0.29) is 17.0 Å². The lowest BCUT2D eigenvalue weighted by molar-refractivity contribution is 0.0726. The second-order valence-electron chi connectivity index (χ2n) is 5.67. The van der Waals surface area contributed by atoms with E-state index >= 15 is 0 Å². The molecule has 0 aliphatic heterocycles. The summed E-state index contributed by atoms with van der Waals surface area (Å²) in [6.07, 6.45) is 3.08. The fourth-order valence-electron chi connectivity index (χ4n) is 2.27. The first kappa shape index (κ1) is 19.3. The molecule has 3 rings (SSSR count). The zero-order chi connectivity index (χ0) is 20.1. The van der Waals surface area contributed by atoms with Crippen LogP contribution in [0.1, 0.15) is 26.4 Å². The van der Waals surface area contributed by atoms with Gasteiger partial charge in [0, 0.05) is 13.2 Å². The molecule has 0 aliphatic rings.